The maximum atomic E-state index is 12.3. The van der Waals surface area contributed by atoms with Gasteiger partial charge in [-0.25, -0.2) is 4.79 Å². The highest BCUT2D eigenvalue weighted by molar-refractivity contribution is 5.69. The number of allylic oxidation sites excluding steroid dienone is 1. The van der Waals surface area contributed by atoms with Crippen LogP contribution in [0, 0.1) is 0 Å². The lowest BCUT2D eigenvalue weighted by molar-refractivity contribution is -0.0692. The topological polar surface area (TPSA) is 38.8 Å². The Morgan fingerprint density at radius 2 is 1.89 bits per heavy atom. The molecule has 0 N–H and O–H groups in total. The van der Waals surface area contributed by atoms with Gasteiger partial charge in [0.1, 0.15) is 5.60 Å². The minimum Gasteiger partial charge on any atom is -0.444 e. The van der Waals surface area contributed by atoms with Crippen molar-refractivity contribution in [2.75, 3.05) is 13.2 Å². The van der Waals surface area contributed by atoms with Gasteiger partial charge in [-0.2, -0.15) is 0 Å². The molecule has 1 amide bonds. The molecule has 4 heteroatoms. The van der Waals surface area contributed by atoms with Gasteiger partial charge in [-0.05, 0) is 40.5 Å². The van der Waals surface area contributed by atoms with Crippen molar-refractivity contribution >= 4 is 6.09 Å². The summed E-state index contributed by atoms with van der Waals surface area (Å²) in [5, 5.41) is 0. The maximum absolute atomic E-state index is 12.3. The number of carbonyl (C=O) groups is 1. The van der Waals surface area contributed by atoms with Gasteiger partial charge >= 0.3 is 6.09 Å². The summed E-state index contributed by atoms with van der Waals surface area (Å²) >= 11 is 0. The van der Waals surface area contributed by atoms with Gasteiger partial charge in [-0.1, -0.05) is 11.6 Å². The summed E-state index contributed by atoms with van der Waals surface area (Å²) in [5.41, 5.74) is 0.987. The fourth-order valence-corrected chi connectivity index (χ4v) is 2.65. The van der Waals surface area contributed by atoms with E-state index in [4.69, 9.17) is 9.47 Å². The number of ether oxygens (including phenoxy) is 2. The number of nitrogens with zero attached hydrogens (tertiary/aromatic N) is 1. The average Bonchev–Trinajstić information content (AvgIpc) is 2.24. The predicted octanol–water partition coefficient (Wildman–Crippen LogP) is 2.73. The molecule has 2 unspecified atom stereocenters. The monoisotopic (exact) mass is 253 g/mol. The van der Waals surface area contributed by atoms with Crippen molar-refractivity contribution in [2.24, 2.45) is 0 Å². The van der Waals surface area contributed by atoms with Gasteiger partial charge < -0.3 is 9.47 Å². The molecule has 2 fully saturated rings. The summed E-state index contributed by atoms with van der Waals surface area (Å²) in [7, 11) is 0. The van der Waals surface area contributed by atoms with E-state index in [0.29, 0.717) is 13.2 Å². The number of fused-ring (bicyclic) bond motifs is 2. The van der Waals surface area contributed by atoms with Crippen LogP contribution in [0.25, 0.3) is 0 Å². The Balaban J connectivity index is 2.11. The SMILES string of the molecule is CC=C1CC2COCC(C1)N2C(=O)OC(C)(C)C. The summed E-state index contributed by atoms with van der Waals surface area (Å²) in [5.74, 6) is 0. The second kappa shape index (κ2) is 4.92. The lowest BCUT2D eigenvalue weighted by atomic mass is 9.90. The predicted molar refractivity (Wildman–Crippen MR) is 69.5 cm³/mol. The Kier molecular flexibility index (Phi) is 3.66. The van der Waals surface area contributed by atoms with Gasteiger partial charge in [0, 0.05) is 0 Å². The third-order valence-corrected chi connectivity index (χ3v) is 3.42. The number of amides is 1. The van der Waals surface area contributed by atoms with Gasteiger partial charge in [0.2, 0.25) is 0 Å². The van der Waals surface area contributed by atoms with Crippen LogP contribution >= 0.6 is 0 Å². The summed E-state index contributed by atoms with van der Waals surface area (Å²) in [6, 6.07) is 0.275. The maximum Gasteiger partial charge on any atom is 0.410 e. The fraction of sp³-hybridized carbons (Fsp3) is 0.786. The molecule has 102 valence electrons. The molecule has 0 saturated carbocycles. The summed E-state index contributed by atoms with van der Waals surface area (Å²) < 4.78 is 11.1. The molecule has 2 aliphatic heterocycles. The molecule has 2 bridgehead atoms. The van der Waals surface area contributed by atoms with E-state index in [1.807, 2.05) is 25.7 Å². The van der Waals surface area contributed by atoms with E-state index in [9.17, 15) is 4.79 Å². The van der Waals surface area contributed by atoms with Crippen molar-refractivity contribution in [3.63, 3.8) is 0 Å². The number of hydrogen-bond acceptors (Lipinski definition) is 3. The minimum atomic E-state index is -0.437. The first-order valence-electron chi connectivity index (χ1n) is 6.64. The van der Waals surface area contributed by atoms with Crippen LogP contribution < -0.4 is 0 Å². The molecule has 0 spiro atoms. The molecule has 0 aromatic heterocycles. The Morgan fingerprint density at radius 3 is 2.33 bits per heavy atom. The van der Waals surface area contributed by atoms with Crippen LogP contribution in [0.3, 0.4) is 0 Å². The molecular formula is C14H23NO3. The summed E-state index contributed by atoms with van der Waals surface area (Å²) in [6.07, 6.45) is 3.78. The first-order chi connectivity index (χ1) is 8.40. The first-order valence-corrected chi connectivity index (χ1v) is 6.64. The van der Waals surface area contributed by atoms with Crippen LogP contribution in [-0.2, 0) is 9.47 Å². The molecule has 2 atom stereocenters. The van der Waals surface area contributed by atoms with Crippen LogP contribution in [0.2, 0.25) is 0 Å². The number of rotatable bonds is 0. The van der Waals surface area contributed by atoms with E-state index in [0.717, 1.165) is 12.8 Å². The van der Waals surface area contributed by atoms with Crippen molar-refractivity contribution in [3.05, 3.63) is 11.6 Å². The second-order valence-electron chi connectivity index (χ2n) is 6.09. The second-order valence-corrected chi connectivity index (χ2v) is 6.09. The Labute approximate surface area is 109 Å². The third-order valence-electron chi connectivity index (χ3n) is 3.42. The fourth-order valence-electron chi connectivity index (χ4n) is 2.65. The smallest absolute Gasteiger partial charge is 0.410 e. The molecule has 2 aliphatic rings. The van der Waals surface area contributed by atoms with E-state index < -0.39 is 5.60 Å². The first kappa shape index (κ1) is 13.4. The lowest BCUT2D eigenvalue weighted by Gasteiger charge is -2.46. The lowest BCUT2D eigenvalue weighted by Crippen LogP contribution is -2.58. The van der Waals surface area contributed by atoms with Crippen LogP contribution in [0.1, 0.15) is 40.5 Å². The highest BCUT2D eigenvalue weighted by Gasteiger charge is 2.41. The molecule has 2 saturated heterocycles. The highest BCUT2D eigenvalue weighted by atomic mass is 16.6. The van der Waals surface area contributed by atoms with Crippen LogP contribution in [0.4, 0.5) is 4.79 Å². The van der Waals surface area contributed by atoms with Crippen molar-refractivity contribution < 1.29 is 14.3 Å². The normalized spacial score (nSPS) is 28.0. The minimum absolute atomic E-state index is 0.138. The molecule has 18 heavy (non-hydrogen) atoms. The van der Waals surface area contributed by atoms with Crippen molar-refractivity contribution in [2.45, 2.75) is 58.2 Å². The van der Waals surface area contributed by atoms with Gasteiger partial charge in [0.25, 0.3) is 0 Å². The standard InChI is InChI=1S/C14H23NO3/c1-5-10-6-11-8-17-9-12(7-10)15(11)13(16)18-14(2,3)4/h5,11-12H,6-9H2,1-4H3. The summed E-state index contributed by atoms with van der Waals surface area (Å²) in [4.78, 5) is 14.1. The Hall–Kier alpha value is -1.03. The van der Waals surface area contributed by atoms with Crippen LogP contribution in [-0.4, -0.2) is 41.9 Å². The molecule has 4 nitrogen and oxygen atoms in total. The molecule has 0 aromatic carbocycles. The van der Waals surface area contributed by atoms with Crippen molar-refractivity contribution in [3.8, 4) is 0 Å². The Morgan fingerprint density at radius 1 is 1.33 bits per heavy atom. The Bertz CT molecular complexity index is 341. The van der Waals surface area contributed by atoms with E-state index in [-0.39, 0.29) is 18.2 Å². The molecule has 0 aromatic rings. The van der Waals surface area contributed by atoms with Gasteiger partial charge in [-0.15, -0.1) is 0 Å². The van der Waals surface area contributed by atoms with E-state index >= 15 is 0 Å². The molecular weight excluding hydrogens is 230 g/mol. The zero-order valence-electron chi connectivity index (χ0n) is 11.7. The summed E-state index contributed by atoms with van der Waals surface area (Å²) in [6.45, 7) is 9.00. The number of piperidine rings is 1. The van der Waals surface area contributed by atoms with Gasteiger partial charge in [0.15, 0.2) is 0 Å². The van der Waals surface area contributed by atoms with E-state index in [1.165, 1.54) is 5.57 Å². The zero-order chi connectivity index (χ0) is 13.3. The van der Waals surface area contributed by atoms with Crippen LogP contribution in [0.15, 0.2) is 11.6 Å². The van der Waals surface area contributed by atoms with Crippen molar-refractivity contribution in [1.29, 1.82) is 0 Å². The quantitative estimate of drug-likeness (QED) is 0.623. The van der Waals surface area contributed by atoms with Gasteiger partial charge in [-0.3, -0.25) is 4.90 Å². The molecule has 2 heterocycles. The van der Waals surface area contributed by atoms with E-state index in [1.54, 1.807) is 0 Å². The third kappa shape index (κ3) is 2.86. The number of hydrogen-bond donors (Lipinski definition) is 0. The number of carbonyl (C=O) groups excluding carboxylic acids is 1. The van der Waals surface area contributed by atoms with Crippen LogP contribution in [0.5, 0.6) is 0 Å². The zero-order valence-corrected chi connectivity index (χ0v) is 11.7. The number of morpholine rings is 1. The molecule has 0 radical (unpaired) electrons. The molecule has 2 rings (SSSR count). The highest BCUT2D eigenvalue weighted by Crippen LogP contribution is 2.32. The molecule has 0 aliphatic carbocycles. The average molecular weight is 253 g/mol. The van der Waals surface area contributed by atoms with Gasteiger partial charge in [0.05, 0.1) is 25.3 Å². The largest absolute Gasteiger partial charge is 0.444 e. The van der Waals surface area contributed by atoms with E-state index in [2.05, 4.69) is 13.0 Å². The van der Waals surface area contributed by atoms with Crippen molar-refractivity contribution in [1.82, 2.24) is 4.90 Å².